The average molecular weight is 1430 g/mol. The Morgan fingerprint density at radius 1 is 0.525 bits per heavy atom. The smallest absolute Gasteiger partial charge is 0.294 e. The second kappa shape index (κ2) is 33.8. The van der Waals surface area contributed by atoms with Crippen LogP contribution < -0.4 is 45.8 Å². The van der Waals surface area contributed by atoms with Gasteiger partial charge in [0.05, 0.1) is 55.3 Å². The Bertz CT molecular complexity index is 4170. The van der Waals surface area contributed by atoms with Crippen molar-refractivity contribution in [2.75, 3.05) is 124 Å². The number of azo groups is 2. The summed E-state index contributed by atoms with van der Waals surface area (Å²) in [6.07, 6.45) is 8.33. The summed E-state index contributed by atoms with van der Waals surface area (Å²) in [6, 6.07) is 21.0. The fourth-order valence-corrected chi connectivity index (χ4v) is 13.7. The fourth-order valence-electron chi connectivity index (χ4n) is 10.9. The summed E-state index contributed by atoms with van der Waals surface area (Å²) < 4.78 is 66.9. The predicted octanol–water partition coefficient (Wildman–Crippen LogP) is 11.3. The number of carbonyl (C=O) groups excluding carboxylic acids is 4. The topological polar surface area (TPSA) is 396 Å². The molecule has 0 atom stereocenters. The molecule has 2 amide bonds. The van der Waals surface area contributed by atoms with Gasteiger partial charge in [0.15, 0.2) is 11.6 Å². The van der Waals surface area contributed by atoms with Crippen molar-refractivity contribution in [2.24, 2.45) is 20.5 Å². The van der Waals surface area contributed by atoms with Crippen molar-refractivity contribution < 1.29 is 55.3 Å². The molecule has 9 rings (SSSR count). The number of hydrogen-bond acceptors (Lipinski definition) is 28. The summed E-state index contributed by atoms with van der Waals surface area (Å²) in [7, 11) is -9.20. The number of piperidine rings is 2. The van der Waals surface area contributed by atoms with Gasteiger partial charge in [0, 0.05) is 88.2 Å². The summed E-state index contributed by atoms with van der Waals surface area (Å²) in [5.74, 6) is -1.77. The average Bonchev–Trinajstić information content (AvgIpc) is 1.68. The third-order valence-electron chi connectivity index (χ3n) is 16.0. The molecule has 0 radical (unpaired) electrons. The van der Waals surface area contributed by atoms with Crippen molar-refractivity contribution in [1.82, 2.24) is 24.9 Å². The van der Waals surface area contributed by atoms with E-state index in [2.05, 4.69) is 51.1 Å². The van der Waals surface area contributed by atoms with Crippen LogP contribution in [0, 0.1) is 0 Å². The maximum absolute atomic E-state index is 13.8. The number of benzene rings is 4. The third-order valence-corrected chi connectivity index (χ3v) is 19.4. The minimum atomic E-state index is -4.60. The second-order valence-electron chi connectivity index (χ2n) is 22.7. The number of hydrogen-bond donors (Lipinski definition) is 8. The number of aliphatic hydroxyl groups is 2. The van der Waals surface area contributed by atoms with Gasteiger partial charge in [0.2, 0.25) is 28.1 Å². The van der Waals surface area contributed by atoms with E-state index >= 15 is 0 Å². The van der Waals surface area contributed by atoms with Crippen LogP contribution in [0.25, 0.3) is 12.2 Å². The third kappa shape index (κ3) is 19.4. The molecule has 7 aromatic rings. The lowest BCUT2D eigenvalue weighted by Gasteiger charge is -2.27. The molecule has 2 saturated heterocycles. The van der Waals surface area contributed by atoms with Gasteiger partial charge in [-0.2, -0.15) is 41.8 Å². The highest BCUT2D eigenvalue weighted by atomic mass is 32.2. The van der Waals surface area contributed by atoms with Gasteiger partial charge >= 0.3 is 0 Å². The number of carbonyl (C=O) groups is 4. The van der Waals surface area contributed by atoms with E-state index in [0.717, 1.165) is 96.8 Å². The lowest BCUT2D eigenvalue weighted by molar-refractivity contribution is -0.120. The van der Waals surface area contributed by atoms with E-state index in [9.17, 15) is 55.3 Å². The quantitative estimate of drug-likeness (QED) is 0.00658. The Morgan fingerprint density at radius 3 is 1.27 bits per heavy atom. The van der Waals surface area contributed by atoms with Crippen LogP contribution in [0.15, 0.2) is 126 Å². The largest absolute Gasteiger partial charge is 0.395 e. The second-order valence-corrected chi connectivity index (χ2v) is 27.6. The van der Waals surface area contributed by atoms with Gasteiger partial charge in [0.25, 0.3) is 32.1 Å². The van der Waals surface area contributed by atoms with Crippen LogP contribution in [-0.4, -0.2) is 163 Å². The number of anilines is 11. The predicted molar refractivity (Wildman–Crippen MR) is 385 cm³/mol. The van der Waals surface area contributed by atoms with Gasteiger partial charge in [-0.05, 0) is 165 Å². The van der Waals surface area contributed by atoms with E-state index in [1.165, 1.54) is 50.3 Å². The molecular weight excluding hydrogens is 1350 g/mol. The molecule has 99 heavy (non-hydrogen) atoms. The number of amides is 2. The maximum Gasteiger partial charge on any atom is 0.294 e. The number of nitrogens with zero attached hydrogens (tertiary/aromatic N) is 14. The highest BCUT2D eigenvalue weighted by molar-refractivity contribution is 7.86. The van der Waals surface area contributed by atoms with Crippen molar-refractivity contribution in [2.45, 2.75) is 89.9 Å². The Kier molecular flexibility index (Phi) is 25.2. The lowest BCUT2D eigenvalue weighted by atomic mass is 10.1. The molecule has 0 saturated carbocycles. The zero-order valence-corrected chi connectivity index (χ0v) is 58.7. The van der Waals surface area contributed by atoms with Crippen LogP contribution in [0.2, 0.25) is 0 Å². The molecule has 0 spiro atoms. The first-order valence-corrected chi connectivity index (χ1v) is 36.6. The summed E-state index contributed by atoms with van der Waals surface area (Å²) in [5, 5.41) is 51.6. The van der Waals surface area contributed by atoms with Crippen LogP contribution in [0.4, 0.5) is 85.2 Å². The number of aromatic nitrogens is 5. The maximum atomic E-state index is 13.8. The van der Waals surface area contributed by atoms with E-state index in [-0.39, 0.29) is 76.9 Å². The molecule has 2 fully saturated rings. The van der Waals surface area contributed by atoms with Gasteiger partial charge < -0.3 is 56.0 Å². The molecule has 2 aliphatic heterocycles. The van der Waals surface area contributed by atoms with Crippen molar-refractivity contribution >= 4 is 164 Å². The molecule has 34 heteroatoms. The van der Waals surface area contributed by atoms with Crippen molar-refractivity contribution in [3.8, 4) is 0 Å². The summed E-state index contributed by atoms with van der Waals surface area (Å²) in [6.45, 7) is 15.1. The van der Waals surface area contributed by atoms with Crippen LogP contribution in [0.5, 0.6) is 0 Å². The molecule has 0 bridgehead atoms. The zero-order chi connectivity index (χ0) is 71.0. The monoisotopic (exact) mass is 1430 g/mol. The molecule has 0 aliphatic carbocycles. The van der Waals surface area contributed by atoms with Gasteiger partial charge in [-0.15, -0.1) is 20.5 Å². The molecule has 30 nitrogen and oxygen atoms in total. The van der Waals surface area contributed by atoms with Crippen LogP contribution in [0.1, 0.15) is 89.8 Å². The first-order chi connectivity index (χ1) is 47.5. The molecule has 8 N–H and O–H groups in total. The Morgan fingerprint density at radius 2 is 0.919 bits per heavy atom. The number of nitrogens with one attached hydrogen (secondary N) is 4. The van der Waals surface area contributed by atoms with Crippen LogP contribution in [-0.2, 0) is 39.4 Å². The van der Waals surface area contributed by atoms with Gasteiger partial charge in [-0.25, -0.2) is 0 Å². The first-order valence-electron chi connectivity index (χ1n) is 32.1. The molecule has 3 aromatic heterocycles. The normalized spacial score (nSPS) is 14.0. The zero-order valence-electron chi connectivity index (χ0n) is 55.4. The Labute approximate surface area is 581 Å². The minimum absolute atomic E-state index is 0.00672. The number of aliphatic hydroxyl groups excluding tert-OH is 2. The fraction of sp³-hybridized carbons (Fsp3) is 0.369. The van der Waals surface area contributed by atoms with Gasteiger partial charge in [-0.1, -0.05) is 34.8 Å². The Hall–Kier alpha value is -9.55. The summed E-state index contributed by atoms with van der Waals surface area (Å²) in [4.78, 5) is 88.3. The van der Waals surface area contributed by atoms with E-state index < -0.39 is 53.4 Å². The molecule has 524 valence electrons. The number of ketones is 2. The summed E-state index contributed by atoms with van der Waals surface area (Å²) in [5.41, 5.74) is 2.60. The standard InChI is InChI=1S/C65H78N18O12S4/c1-7-79(8-2)45-23-25-51(75-77-64-70-57(81-27-13-11-14-28-81)55(96-64)39-49(41(5)86)59(88)66-43-19-17-21-47(35-43)98(90,91)92)53(37-45)68-61-72-62(74-63(73-61)83(31-33-84)32-34-85)69-54-38-46(80(9-3)10-4)24-26-52(54)76-78-65-71-58(82-29-15-12-16-30-82)56(97-65)40-50(42(6)87)60(89)67-44-20-18-22-48(36-44)99(93,94)95/h17-26,35-40,84-85H,7-16,27-34H2,1-6H3,(H,66,88)(H,67,89)(H,90,91,92)(H,93,94,95)(H2,68,69,72,73,74)/b49-39+,50-40?,77-75+,78-76+. The van der Waals surface area contributed by atoms with E-state index in [0.29, 0.717) is 96.5 Å². The molecule has 0 unspecified atom stereocenters. The SMILES string of the molecule is CCN(CC)c1ccc(/N=N/c2nc(N3CCCCC3)c(C=C(C(C)=O)C(=O)Nc3cccc(S(=O)(=O)O)c3)s2)c(Nc2nc(Nc3cc(N(CC)CC)ccc3/N=N/c3nc(N4CCCCC4)c(/C=C(\C(C)=O)C(=O)Nc4cccc(S(=O)(=O)O)c4)s3)nc(N(CCO)CCO)n2)c1. The number of Topliss-reactive ketones (excluding diaryl/α,β-unsaturated/α-hetero) is 2. The minimum Gasteiger partial charge on any atom is -0.395 e. The van der Waals surface area contributed by atoms with Crippen molar-refractivity contribution in [1.29, 1.82) is 0 Å². The number of rotatable bonds is 31. The van der Waals surface area contributed by atoms with E-state index in [4.69, 9.17) is 35.1 Å². The number of thiazole rings is 2. The van der Waals surface area contributed by atoms with E-state index in [1.54, 1.807) is 17.0 Å². The van der Waals surface area contributed by atoms with Crippen molar-refractivity contribution in [3.63, 3.8) is 0 Å². The molecule has 2 aliphatic rings. The van der Waals surface area contributed by atoms with Crippen LogP contribution >= 0.6 is 22.7 Å². The van der Waals surface area contributed by atoms with Crippen LogP contribution in [0.3, 0.4) is 0 Å². The Balaban J connectivity index is 1.09. The molecule has 5 heterocycles. The first kappa shape index (κ1) is 73.7. The summed E-state index contributed by atoms with van der Waals surface area (Å²) >= 11 is 2.18. The molecular formula is C65H78N18O12S4. The van der Waals surface area contributed by atoms with Gasteiger partial charge in [0.1, 0.15) is 23.0 Å². The van der Waals surface area contributed by atoms with Crippen molar-refractivity contribution in [3.05, 3.63) is 106 Å². The van der Waals surface area contributed by atoms with Gasteiger partial charge in [-0.3, -0.25) is 28.3 Å². The molecule has 4 aromatic carbocycles. The highest BCUT2D eigenvalue weighted by Crippen LogP contribution is 2.41. The van der Waals surface area contributed by atoms with E-state index in [1.807, 2.05) is 52.0 Å². The lowest BCUT2D eigenvalue weighted by Crippen LogP contribution is -2.31. The highest BCUT2D eigenvalue weighted by Gasteiger charge is 2.27.